The Morgan fingerprint density at radius 3 is 2.78 bits per heavy atom. The number of ketones is 1. The fourth-order valence-corrected chi connectivity index (χ4v) is 4.30. The number of hydrogen-bond donors (Lipinski definition) is 3. The highest BCUT2D eigenvalue weighted by molar-refractivity contribution is 6.02. The first-order valence-corrected chi connectivity index (χ1v) is 11.0. The van der Waals surface area contributed by atoms with Crippen LogP contribution in [-0.2, 0) is 9.59 Å². The Kier molecular flexibility index (Phi) is 6.40. The molecular weight excluding hydrogens is 410 g/mol. The van der Waals surface area contributed by atoms with Gasteiger partial charge in [0.1, 0.15) is 11.8 Å². The minimum absolute atomic E-state index is 0.0486. The van der Waals surface area contributed by atoms with Gasteiger partial charge in [-0.15, -0.1) is 0 Å². The van der Waals surface area contributed by atoms with E-state index in [0.29, 0.717) is 42.3 Å². The number of Topliss-reactive ketones (excluding diaryl/α,β-unsaturated/α-hetero) is 1. The summed E-state index contributed by atoms with van der Waals surface area (Å²) >= 11 is 0. The summed E-state index contributed by atoms with van der Waals surface area (Å²) < 4.78 is 5.30. The smallest absolute Gasteiger partial charge is 0.224 e. The predicted octanol–water partition coefficient (Wildman–Crippen LogP) is 2.10. The second-order valence-electron chi connectivity index (χ2n) is 8.69. The van der Waals surface area contributed by atoms with Crippen molar-refractivity contribution in [3.05, 3.63) is 24.2 Å². The molecule has 32 heavy (non-hydrogen) atoms. The van der Waals surface area contributed by atoms with Gasteiger partial charge in [-0.1, -0.05) is 12.8 Å². The molecule has 1 aliphatic heterocycles. The number of amides is 2. The molecule has 3 atom stereocenters. The van der Waals surface area contributed by atoms with Crippen molar-refractivity contribution < 1.29 is 19.1 Å². The molecule has 0 radical (unpaired) electrons. The largest absolute Gasteiger partial charge is 0.494 e. The van der Waals surface area contributed by atoms with Gasteiger partial charge in [0.25, 0.3) is 0 Å². The maximum atomic E-state index is 13.0. The van der Waals surface area contributed by atoms with Crippen LogP contribution in [0.5, 0.6) is 5.75 Å². The summed E-state index contributed by atoms with van der Waals surface area (Å²) in [5, 5.41) is 15.8. The summed E-state index contributed by atoms with van der Waals surface area (Å²) in [4.78, 5) is 45.0. The quantitative estimate of drug-likeness (QED) is 0.487. The van der Waals surface area contributed by atoms with Crippen LogP contribution < -0.4 is 15.4 Å². The highest BCUT2D eigenvalue weighted by atomic mass is 16.5. The zero-order chi connectivity index (χ0) is 22.7. The van der Waals surface area contributed by atoms with Gasteiger partial charge in [0.05, 0.1) is 36.8 Å². The Labute approximate surface area is 185 Å². The van der Waals surface area contributed by atoms with Crippen molar-refractivity contribution in [2.75, 3.05) is 13.7 Å². The van der Waals surface area contributed by atoms with Crippen LogP contribution in [0.1, 0.15) is 49.0 Å². The van der Waals surface area contributed by atoms with Crippen molar-refractivity contribution in [1.29, 1.82) is 5.26 Å². The van der Waals surface area contributed by atoms with Gasteiger partial charge < -0.3 is 20.4 Å². The van der Waals surface area contributed by atoms with E-state index >= 15 is 0 Å². The van der Waals surface area contributed by atoms with Crippen LogP contribution >= 0.6 is 0 Å². The number of ether oxygens (including phenoxy) is 1. The maximum absolute atomic E-state index is 13.0. The molecule has 2 amide bonds. The van der Waals surface area contributed by atoms with E-state index < -0.39 is 12.0 Å². The lowest BCUT2D eigenvalue weighted by molar-refractivity contribution is -0.127. The third-order valence-corrected chi connectivity index (χ3v) is 6.30. The Hall–Kier alpha value is -3.41. The number of nitrogens with zero attached hydrogens (tertiary/aromatic N) is 2. The van der Waals surface area contributed by atoms with Crippen molar-refractivity contribution in [1.82, 2.24) is 20.6 Å². The first kappa shape index (κ1) is 21.8. The van der Waals surface area contributed by atoms with Gasteiger partial charge in [-0.05, 0) is 31.2 Å². The summed E-state index contributed by atoms with van der Waals surface area (Å²) in [7, 11) is 1.54. The number of hydrogen-bond acceptors (Lipinski definition) is 6. The third-order valence-electron chi connectivity index (χ3n) is 6.30. The number of nitrogens with one attached hydrogen (secondary N) is 3. The van der Waals surface area contributed by atoms with Gasteiger partial charge in [0, 0.05) is 30.2 Å². The van der Waals surface area contributed by atoms with Gasteiger partial charge in [0.15, 0.2) is 5.78 Å². The molecule has 9 nitrogen and oxygen atoms in total. The van der Waals surface area contributed by atoms with E-state index in [0.717, 1.165) is 18.2 Å². The minimum atomic E-state index is -0.753. The lowest BCUT2D eigenvalue weighted by atomic mass is 9.93. The second-order valence-corrected chi connectivity index (χ2v) is 8.69. The van der Waals surface area contributed by atoms with Crippen LogP contribution in [0.3, 0.4) is 0 Å². The number of methoxy groups -OCH3 is 1. The summed E-state index contributed by atoms with van der Waals surface area (Å²) in [5.41, 5.74) is 1.09. The normalized spacial score (nSPS) is 19.8. The molecule has 3 heterocycles. The van der Waals surface area contributed by atoms with E-state index in [9.17, 15) is 19.6 Å². The topological polar surface area (TPSA) is 137 Å². The fraction of sp³-hybridized carbons (Fsp3) is 0.522. The zero-order valence-corrected chi connectivity index (χ0v) is 18.0. The molecule has 1 saturated heterocycles. The Bertz CT molecular complexity index is 1070. The number of nitriles is 1. The van der Waals surface area contributed by atoms with E-state index in [4.69, 9.17) is 4.74 Å². The Morgan fingerprint density at radius 1 is 1.31 bits per heavy atom. The first-order chi connectivity index (χ1) is 15.5. The van der Waals surface area contributed by atoms with Gasteiger partial charge in [0.2, 0.25) is 11.8 Å². The average molecular weight is 438 g/mol. The molecule has 0 bridgehead atoms. The van der Waals surface area contributed by atoms with E-state index in [-0.39, 0.29) is 36.4 Å². The number of H-pyrrole nitrogens is 1. The highest BCUT2D eigenvalue weighted by Gasteiger charge is 2.33. The molecule has 0 spiro atoms. The minimum Gasteiger partial charge on any atom is -0.494 e. The number of rotatable bonds is 10. The molecule has 3 N–H and O–H groups in total. The molecule has 2 fully saturated rings. The predicted molar refractivity (Wildman–Crippen MR) is 116 cm³/mol. The van der Waals surface area contributed by atoms with Crippen LogP contribution in [-0.4, -0.2) is 47.3 Å². The van der Waals surface area contributed by atoms with Gasteiger partial charge >= 0.3 is 0 Å². The van der Waals surface area contributed by atoms with Crippen LogP contribution in [0.4, 0.5) is 0 Å². The summed E-state index contributed by atoms with van der Waals surface area (Å²) in [6.45, 7) is 0.596. The lowest BCUT2D eigenvalue weighted by Crippen LogP contribution is -2.40. The summed E-state index contributed by atoms with van der Waals surface area (Å²) in [5.74, 6) is -0.330. The SMILES string of the molecule is COc1cncc2[nH]c(C(=O)CC(CC3CC3)C(=O)NC(C#N)CC3CCNC3=O)cc12. The molecule has 2 aromatic heterocycles. The zero-order valence-electron chi connectivity index (χ0n) is 18.0. The van der Waals surface area contributed by atoms with Crippen LogP contribution in [0, 0.1) is 29.1 Å². The van der Waals surface area contributed by atoms with Crippen molar-refractivity contribution in [3.8, 4) is 11.8 Å². The van der Waals surface area contributed by atoms with Gasteiger partial charge in [-0.25, -0.2) is 0 Å². The summed E-state index contributed by atoms with van der Waals surface area (Å²) in [6, 6.07) is 3.07. The second kappa shape index (κ2) is 9.39. The van der Waals surface area contributed by atoms with E-state index in [1.54, 1.807) is 25.6 Å². The Morgan fingerprint density at radius 2 is 2.12 bits per heavy atom. The molecule has 1 aliphatic carbocycles. The van der Waals surface area contributed by atoms with Crippen LogP contribution in [0.25, 0.3) is 10.9 Å². The number of aromatic amines is 1. The van der Waals surface area contributed by atoms with E-state index in [1.165, 1.54) is 0 Å². The average Bonchev–Trinajstić information content (AvgIpc) is 3.35. The molecule has 9 heteroatoms. The van der Waals surface area contributed by atoms with Gasteiger partial charge in [-0.2, -0.15) is 5.26 Å². The standard InChI is InChI=1S/C23H27N5O4/c1-32-21-12-25-11-19-17(21)9-18(28-19)20(29)8-15(6-13-2-3-13)23(31)27-16(10-24)7-14-4-5-26-22(14)30/h9,11-16,28H,2-8H2,1H3,(H,26,30)(H,27,31). The van der Waals surface area contributed by atoms with Crippen molar-refractivity contribution >= 4 is 28.5 Å². The fourth-order valence-electron chi connectivity index (χ4n) is 4.30. The molecule has 1 saturated carbocycles. The molecule has 0 aromatic carbocycles. The summed E-state index contributed by atoms with van der Waals surface area (Å²) in [6.07, 6.45) is 6.93. The lowest BCUT2D eigenvalue weighted by Gasteiger charge is -2.19. The van der Waals surface area contributed by atoms with Crippen molar-refractivity contribution in [2.24, 2.45) is 17.8 Å². The molecule has 3 unspecified atom stereocenters. The first-order valence-electron chi connectivity index (χ1n) is 11.0. The third kappa shape index (κ3) is 4.90. The van der Waals surface area contributed by atoms with Gasteiger partial charge in [-0.3, -0.25) is 19.4 Å². The van der Waals surface area contributed by atoms with E-state index in [1.807, 2.05) is 0 Å². The Balaban J connectivity index is 1.44. The monoisotopic (exact) mass is 437 g/mol. The number of aromatic nitrogens is 2. The molecule has 168 valence electrons. The number of fused-ring (bicyclic) bond motifs is 1. The van der Waals surface area contributed by atoms with Crippen LogP contribution in [0.2, 0.25) is 0 Å². The highest BCUT2D eigenvalue weighted by Crippen LogP contribution is 2.37. The van der Waals surface area contributed by atoms with E-state index in [2.05, 4.69) is 26.7 Å². The molecule has 2 aromatic rings. The number of carbonyl (C=O) groups excluding carboxylic acids is 3. The number of pyridine rings is 1. The maximum Gasteiger partial charge on any atom is 0.224 e. The van der Waals surface area contributed by atoms with Crippen LogP contribution in [0.15, 0.2) is 18.5 Å². The molecule has 4 rings (SSSR count). The molecule has 2 aliphatic rings. The number of carbonyl (C=O) groups is 3. The van der Waals surface area contributed by atoms with Crippen molar-refractivity contribution in [2.45, 2.75) is 44.6 Å². The molecular formula is C23H27N5O4. The van der Waals surface area contributed by atoms with Crippen molar-refractivity contribution in [3.63, 3.8) is 0 Å².